The Kier molecular flexibility index (Phi) is 4.51. The average molecular weight is 183 g/mol. The van der Waals surface area contributed by atoms with Crippen LogP contribution in [0.4, 0.5) is 0 Å². The predicted molar refractivity (Wildman–Crippen MR) is 48.7 cm³/mol. The third kappa shape index (κ3) is 2.74. The number of carbonyl (C=O) groups excluding carboxylic acids is 2. The van der Waals surface area contributed by atoms with Gasteiger partial charge >= 0.3 is 5.97 Å². The van der Waals surface area contributed by atoms with Gasteiger partial charge in [0.25, 0.3) is 0 Å². The highest BCUT2D eigenvalue weighted by molar-refractivity contribution is 5.92. The number of rotatable bonds is 3. The van der Waals surface area contributed by atoms with Gasteiger partial charge in [0.2, 0.25) is 0 Å². The third-order valence-corrected chi connectivity index (χ3v) is 1.64. The highest BCUT2D eigenvalue weighted by Crippen LogP contribution is 2.08. The number of nitrogens with two attached hydrogens (primary N) is 1. The molecule has 0 unspecified atom stereocenters. The molecule has 0 aromatic heterocycles. The summed E-state index contributed by atoms with van der Waals surface area (Å²) in [6, 6.07) is 0. The highest BCUT2D eigenvalue weighted by atomic mass is 16.5. The molecular formula is C9H13NO3. The second kappa shape index (κ2) is 5.13. The van der Waals surface area contributed by atoms with Crippen LogP contribution in [-0.4, -0.2) is 19.4 Å². The molecule has 0 radical (unpaired) electrons. The van der Waals surface area contributed by atoms with E-state index in [-0.39, 0.29) is 11.3 Å². The van der Waals surface area contributed by atoms with E-state index in [1.165, 1.54) is 20.1 Å². The van der Waals surface area contributed by atoms with E-state index >= 15 is 0 Å². The molecule has 0 aromatic rings. The minimum absolute atomic E-state index is 0.157. The summed E-state index contributed by atoms with van der Waals surface area (Å²) in [5.41, 5.74) is 6.23. The van der Waals surface area contributed by atoms with Crippen molar-refractivity contribution >= 4 is 12.3 Å². The Hall–Kier alpha value is -1.58. The summed E-state index contributed by atoms with van der Waals surface area (Å²) < 4.78 is 4.45. The molecule has 0 saturated heterocycles. The first-order valence-electron chi connectivity index (χ1n) is 3.75. The third-order valence-electron chi connectivity index (χ3n) is 1.64. The molecule has 0 bridgehead atoms. The molecule has 4 nitrogen and oxygen atoms in total. The molecule has 0 aromatic carbocycles. The maximum Gasteiger partial charge on any atom is 0.335 e. The van der Waals surface area contributed by atoms with E-state index in [4.69, 9.17) is 5.73 Å². The summed E-state index contributed by atoms with van der Waals surface area (Å²) in [5.74, 6) is -0.529. The zero-order valence-electron chi connectivity index (χ0n) is 7.96. The summed E-state index contributed by atoms with van der Waals surface area (Å²) in [6.07, 6.45) is 2.14. The van der Waals surface area contributed by atoms with E-state index < -0.39 is 5.97 Å². The molecule has 0 atom stereocenters. The lowest BCUT2D eigenvalue weighted by molar-refractivity contribution is -0.136. The molecule has 0 saturated carbocycles. The lowest BCUT2D eigenvalue weighted by Gasteiger charge is -2.04. The Balaban J connectivity index is 5.01. The topological polar surface area (TPSA) is 69.4 Å². The second-order valence-corrected chi connectivity index (χ2v) is 2.39. The fraction of sp³-hybridized carbons (Fsp3) is 0.333. The average Bonchev–Trinajstić information content (AvgIpc) is 2.17. The van der Waals surface area contributed by atoms with Gasteiger partial charge in [-0.05, 0) is 13.8 Å². The summed E-state index contributed by atoms with van der Waals surface area (Å²) in [5, 5.41) is 0. The smallest absolute Gasteiger partial charge is 0.335 e. The number of hydrogen-bond donors (Lipinski definition) is 1. The SMILES string of the molecule is C/C=C(C=O)\C(N)=C(/C)C(=O)OC. The van der Waals surface area contributed by atoms with Gasteiger partial charge in [-0.25, -0.2) is 4.79 Å². The Bertz CT molecular complexity index is 277. The summed E-state index contributed by atoms with van der Waals surface area (Å²) in [4.78, 5) is 21.4. The molecule has 0 heterocycles. The lowest BCUT2D eigenvalue weighted by Crippen LogP contribution is -2.12. The summed E-state index contributed by atoms with van der Waals surface area (Å²) >= 11 is 0. The standard InChI is InChI=1S/C9H13NO3/c1-4-7(5-11)8(10)6(2)9(12)13-3/h4-5H,10H2,1-3H3/b7-4-,8-6-. The van der Waals surface area contributed by atoms with Gasteiger partial charge in [-0.3, -0.25) is 4.79 Å². The molecule has 13 heavy (non-hydrogen) atoms. The largest absolute Gasteiger partial charge is 0.466 e. The van der Waals surface area contributed by atoms with Crippen LogP contribution in [0.2, 0.25) is 0 Å². The van der Waals surface area contributed by atoms with Gasteiger partial charge in [0.05, 0.1) is 18.4 Å². The van der Waals surface area contributed by atoms with Crippen molar-refractivity contribution in [3.8, 4) is 0 Å². The van der Waals surface area contributed by atoms with Crippen LogP contribution < -0.4 is 5.73 Å². The van der Waals surface area contributed by atoms with Crippen molar-refractivity contribution in [2.75, 3.05) is 7.11 Å². The Morgan fingerprint density at radius 1 is 1.46 bits per heavy atom. The molecule has 0 aliphatic rings. The van der Waals surface area contributed by atoms with E-state index in [9.17, 15) is 9.59 Å². The monoisotopic (exact) mass is 183 g/mol. The number of carbonyl (C=O) groups is 2. The van der Waals surface area contributed by atoms with E-state index in [1.807, 2.05) is 0 Å². The minimum atomic E-state index is -0.529. The molecule has 0 aliphatic heterocycles. The minimum Gasteiger partial charge on any atom is -0.466 e. The number of ether oxygens (including phenoxy) is 1. The zero-order chi connectivity index (χ0) is 10.4. The van der Waals surface area contributed by atoms with Crippen LogP contribution in [0.3, 0.4) is 0 Å². The lowest BCUT2D eigenvalue weighted by atomic mass is 10.1. The Morgan fingerprint density at radius 2 is 2.00 bits per heavy atom. The van der Waals surface area contributed by atoms with E-state index in [0.29, 0.717) is 11.9 Å². The summed E-state index contributed by atoms with van der Waals surface area (Å²) in [6.45, 7) is 3.18. The molecule has 0 aliphatic carbocycles. The number of aldehydes is 1. The van der Waals surface area contributed by atoms with Gasteiger partial charge in [-0.2, -0.15) is 0 Å². The second-order valence-electron chi connectivity index (χ2n) is 2.39. The van der Waals surface area contributed by atoms with Crippen molar-refractivity contribution in [1.29, 1.82) is 0 Å². The van der Waals surface area contributed by atoms with Crippen LogP contribution in [0.15, 0.2) is 22.9 Å². The van der Waals surface area contributed by atoms with Crippen molar-refractivity contribution in [3.05, 3.63) is 22.9 Å². The van der Waals surface area contributed by atoms with Crippen LogP contribution in [0.25, 0.3) is 0 Å². The Labute approximate surface area is 77.1 Å². The van der Waals surface area contributed by atoms with E-state index in [2.05, 4.69) is 4.74 Å². The highest BCUT2D eigenvalue weighted by Gasteiger charge is 2.10. The van der Waals surface area contributed by atoms with Gasteiger partial charge in [0, 0.05) is 5.57 Å². The van der Waals surface area contributed by atoms with Crippen molar-refractivity contribution in [2.45, 2.75) is 13.8 Å². The fourth-order valence-electron chi connectivity index (χ4n) is 0.767. The van der Waals surface area contributed by atoms with E-state index in [1.54, 1.807) is 6.92 Å². The fourth-order valence-corrected chi connectivity index (χ4v) is 0.767. The quantitative estimate of drug-likeness (QED) is 0.300. The molecule has 0 fully saturated rings. The van der Waals surface area contributed by atoms with Gasteiger partial charge in [0.1, 0.15) is 0 Å². The molecule has 72 valence electrons. The first-order chi connectivity index (χ1) is 6.08. The van der Waals surface area contributed by atoms with Crippen LogP contribution in [-0.2, 0) is 14.3 Å². The first-order valence-corrected chi connectivity index (χ1v) is 3.75. The van der Waals surface area contributed by atoms with Crippen LogP contribution in [0, 0.1) is 0 Å². The van der Waals surface area contributed by atoms with Gasteiger partial charge in [-0.15, -0.1) is 0 Å². The molecule has 0 spiro atoms. The molecule has 0 amide bonds. The van der Waals surface area contributed by atoms with Crippen molar-refractivity contribution < 1.29 is 14.3 Å². The normalized spacial score (nSPS) is 13.3. The van der Waals surface area contributed by atoms with Gasteiger partial charge in [0.15, 0.2) is 6.29 Å². The molecular weight excluding hydrogens is 170 g/mol. The summed E-state index contributed by atoms with van der Waals surface area (Å²) in [7, 11) is 1.26. The van der Waals surface area contributed by atoms with Crippen LogP contribution >= 0.6 is 0 Å². The van der Waals surface area contributed by atoms with Crippen LogP contribution in [0.5, 0.6) is 0 Å². The molecule has 2 N–H and O–H groups in total. The maximum atomic E-state index is 11.0. The maximum absolute atomic E-state index is 11.0. The predicted octanol–water partition coefficient (Wildman–Crippen LogP) is 0.537. The Morgan fingerprint density at radius 3 is 2.31 bits per heavy atom. The van der Waals surface area contributed by atoms with Crippen molar-refractivity contribution in [1.82, 2.24) is 0 Å². The van der Waals surface area contributed by atoms with Crippen LogP contribution in [0.1, 0.15) is 13.8 Å². The number of allylic oxidation sites excluding steroid dienone is 2. The molecule has 0 rings (SSSR count). The number of methoxy groups -OCH3 is 1. The zero-order valence-corrected chi connectivity index (χ0v) is 7.96. The molecule has 4 heteroatoms. The first kappa shape index (κ1) is 11.4. The number of esters is 1. The number of hydrogen-bond acceptors (Lipinski definition) is 4. The van der Waals surface area contributed by atoms with Crippen molar-refractivity contribution in [3.63, 3.8) is 0 Å². The van der Waals surface area contributed by atoms with E-state index in [0.717, 1.165) is 0 Å². The van der Waals surface area contributed by atoms with Crippen molar-refractivity contribution in [2.24, 2.45) is 5.73 Å². The van der Waals surface area contributed by atoms with Gasteiger partial charge in [-0.1, -0.05) is 6.08 Å². The van der Waals surface area contributed by atoms with Gasteiger partial charge < -0.3 is 10.5 Å².